The quantitative estimate of drug-likeness (QED) is 0.637. The molecular formula is C12H23N3O4. The van der Waals surface area contributed by atoms with Crippen LogP contribution in [0.5, 0.6) is 0 Å². The molecule has 4 unspecified atom stereocenters. The van der Waals surface area contributed by atoms with Crippen molar-refractivity contribution in [2.24, 2.45) is 5.92 Å². The van der Waals surface area contributed by atoms with Crippen LogP contribution >= 0.6 is 0 Å². The maximum Gasteiger partial charge on any atom is 0.328 e. The summed E-state index contributed by atoms with van der Waals surface area (Å²) in [4.78, 5) is 26.6. The molecule has 110 valence electrons. The van der Waals surface area contributed by atoms with E-state index >= 15 is 0 Å². The lowest BCUT2D eigenvalue weighted by Crippen LogP contribution is -2.52. The predicted octanol–water partition coefficient (Wildman–Crippen LogP) is -0.588. The average molecular weight is 273 g/mol. The fourth-order valence-corrected chi connectivity index (χ4v) is 2.40. The second-order valence-electron chi connectivity index (χ2n) is 5.42. The van der Waals surface area contributed by atoms with E-state index in [4.69, 9.17) is 5.11 Å². The van der Waals surface area contributed by atoms with Crippen molar-refractivity contribution in [3.05, 3.63) is 0 Å². The number of rotatable bonds is 4. The Bertz CT molecular complexity index is 346. The molecule has 19 heavy (non-hydrogen) atoms. The van der Waals surface area contributed by atoms with Crippen molar-refractivity contribution >= 4 is 12.0 Å². The van der Waals surface area contributed by atoms with Crippen LogP contribution in [0.4, 0.5) is 4.79 Å². The van der Waals surface area contributed by atoms with Gasteiger partial charge < -0.3 is 25.3 Å². The van der Waals surface area contributed by atoms with Gasteiger partial charge in [0.25, 0.3) is 0 Å². The van der Waals surface area contributed by atoms with Gasteiger partial charge in [0.05, 0.1) is 6.10 Å². The molecule has 1 aliphatic heterocycles. The van der Waals surface area contributed by atoms with E-state index in [-0.39, 0.29) is 6.04 Å². The third-order valence-electron chi connectivity index (χ3n) is 3.55. The van der Waals surface area contributed by atoms with Crippen molar-refractivity contribution in [1.82, 2.24) is 15.1 Å². The van der Waals surface area contributed by atoms with Gasteiger partial charge in [-0.15, -0.1) is 0 Å². The number of nitrogens with one attached hydrogen (secondary N) is 1. The first kappa shape index (κ1) is 15.7. The minimum Gasteiger partial charge on any atom is -0.480 e. The molecule has 1 saturated heterocycles. The molecule has 0 spiro atoms. The molecule has 7 nitrogen and oxygen atoms in total. The summed E-state index contributed by atoms with van der Waals surface area (Å²) < 4.78 is 0. The molecule has 1 fully saturated rings. The third kappa shape index (κ3) is 3.81. The SMILES string of the molecule is CC(O)C(NC(=O)N1CC(C)C(N(C)C)C1)C(=O)O. The Balaban J connectivity index is 2.62. The van der Waals surface area contributed by atoms with Gasteiger partial charge in [0.1, 0.15) is 0 Å². The molecule has 1 aliphatic rings. The van der Waals surface area contributed by atoms with Crippen LogP contribution in [0.3, 0.4) is 0 Å². The van der Waals surface area contributed by atoms with Crippen molar-refractivity contribution in [3.63, 3.8) is 0 Å². The van der Waals surface area contributed by atoms with E-state index in [1.54, 1.807) is 4.90 Å². The first-order valence-corrected chi connectivity index (χ1v) is 6.36. The highest BCUT2D eigenvalue weighted by atomic mass is 16.4. The van der Waals surface area contributed by atoms with Gasteiger partial charge >= 0.3 is 12.0 Å². The van der Waals surface area contributed by atoms with Crippen LogP contribution in [0.15, 0.2) is 0 Å². The van der Waals surface area contributed by atoms with Gasteiger partial charge in [-0.05, 0) is 26.9 Å². The average Bonchev–Trinajstić information content (AvgIpc) is 2.67. The zero-order chi connectivity index (χ0) is 14.7. The van der Waals surface area contributed by atoms with Gasteiger partial charge in [0.2, 0.25) is 0 Å². The number of amides is 2. The Morgan fingerprint density at radius 3 is 2.32 bits per heavy atom. The first-order valence-electron chi connectivity index (χ1n) is 6.36. The molecule has 1 heterocycles. The fourth-order valence-electron chi connectivity index (χ4n) is 2.40. The maximum absolute atomic E-state index is 12.0. The zero-order valence-corrected chi connectivity index (χ0v) is 11.8. The number of carbonyl (C=O) groups is 2. The third-order valence-corrected chi connectivity index (χ3v) is 3.55. The molecule has 0 radical (unpaired) electrons. The van der Waals surface area contributed by atoms with Crippen molar-refractivity contribution in [1.29, 1.82) is 0 Å². The number of aliphatic hydroxyl groups is 1. The molecule has 1 rings (SSSR count). The Labute approximate surface area is 113 Å². The molecule has 0 aromatic carbocycles. The smallest absolute Gasteiger partial charge is 0.328 e. The molecule has 0 aromatic heterocycles. The van der Waals surface area contributed by atoms with E-state index in [1.165, 1.54) is 6.92 Å². The topological polar surface area (TPSA) is 93.1 Å². The molecular weight excluding hydrogens is 250 g/mol. The fraction of sp³-hybridized carbons (Fsp3) is 0.833. The van der Waals surface area contributed by atoms with Crippen LogP contribution in [0.1, 0.15) is 13.8 Å². The van der Waals surface area contributed by atoms with E-state index in [2.05, 4.69) is 17.1 Å². The first-order chi connectivity index (χ1) is 8.73. The summed E-state index contributed by atoms with van der Waals surface area (Å²) in [5, 5.41) is 20.6. The number of nitrogens with zero attached hydrogens (tertiary/aromatic N) is 2. The summed E-state index contributed by atoms with van der Waals surface area (Å²) >= 11 is 0. The number of hydrogen-bond acceptors (Lipinski definition) is 4. The largest absolute Gasteiger partial charge is 0.480 e. The van der Waals surface area contributed by atoms with Crippen LogP contribution in [0.2, 0.25) is 0 Å². The highest BCUT2D eigenvalue weighted by Gasteiger charge is 2.35. The van der Waals surface area contributed by atoms with Crippen LogP contribution in [-0.2, 0) is 4.79 Å². The summed E-state index contributed by atoms with van der Waals surface area (Å²) in [6.07, 6.45) is -1.13. The Hall–Kier alpha value is -1.34. The second kappa shape index (κ2) is 6.21. The molecule has 0 aromatic rings. The van der Waals surface area contributed by atoms with Crippen LogP contribution < -0.4 is 5.32 Å². The van der Waals surface area contributed by atoms with Crippen molar-refractivity contribution in [2.45, 2.75) is 32.0 Å². The number of carboxylic acids is 1. The van der Waals surface area contributed by atoms with Gasteiger partial charge in [-0.3, -0.25) is 0 Å². The van der Waals surface area contributed by atoms with E-state index in [9.17, 15) is 14.7 Å². The monoisotopic (exact) mass is 273 g/mol. The molecule has 0 saturated carbocycles. The standard InChI is InChI=1S/C12H23N3O4/c1-7-5-15(6-9(7)14(3)4)12(19)13-10(8(2)16)11(17)18/h7-10,16H,5-6H2,1-4H3,(H,13,19)(H,17,18). The van der Waals surface area contributed by atoms with E-state index in [1.807, 2.05) is 14.1 Å². The van der Waals surface area contributed by atoms with Gasteiger partial charge in [0.15, 0.2) is 6.04 Å². The Morgan fingerprint density at radius 1 is 1.37 bits per heavy atom. The van der Waals surface area contributed by atoms with Crippen molar-refractivity contribution in [2.75, 3.05) is 27.2 Å². The number of likely N-dealkylation sites (N-methyl/N-ethyl adjacent to an activating group) is 1. The summed E-state index contributed by atoms with van der Waals surface area (Å²) in [7, 11) is 3.91. The molecule has 7 heteroatoms. The zero-order valence-electron chi connectivity index (χ0n) is 11.8. The molecule has 4 atom stereocenters. The highest BCUT2D eigenvalue weighted by molar-refractivity contribution is 5.83. The van der Waals surface area contributed by atoms with E-state index in [0.717, 1.165) is 0 Å². The van der Waals surface area contributed by atoms with Gasteiger partial charge in [-0.2, -0.15) is 0 Å². The van der Waals surface area contributed by atoms with E-state index in [0.29, 0.717) is 19.0 Å². The molecule has 2 amide bonds. The predicted molar refractivity (Wildman–Crippen MR) is 69.8 cm³/mol. The van der Waals surface area contributed by atoms with Crippen molar-refractivity contribution in [3.8, 4) is 0 Å². The normalized spacial score (nSPS) is 26.3. The summed E-state index contributed by atoms with van der Waals surface area (Å²) in [5.41, 5.74) is 0. The van der Waals surface area contributed by atoms with Gasteiger partial charge in [-0.25, -0.2) is 9.59 Å². The molecule has 0 bridgehead atoms. The highest BCUT2D eigenvalue weighted by Crippen LogP contribution is 2.19. The molecule has 3 N–H and O–H groups in total. The lowest BCUT2D eigenvalue weighted by molar-refractivity contribution is -0.141. The maximum atomic E-state index is 12.0. The number of likely N-dealkylation sites (tertiary alicyclic amines) is 1. The second-order valence-corrected chi connectivity index (χ2v) is 5.42. The Kier molecular flexibility index (Phi) is 5.13. The van der Waals surface area contributed by atoms with Crippen LogP contribution in [-0.4, -0.2) is 77.4 Å². The lowest BCUT2D eigenvalue weighted by Gasteiger charge is -2.24. The number of aliphatic carboxylic acids is 1. The summed E-state index contributed by atoms with van der Waals surface area (Å²) in [5.74, 6) is -0.907. The minimum absolute atomic E-state index is 0.264. The number of hydrogen-bond donors (Lipinski definition) is 3. The summed E-state index contributed by atoms with van der Waals surface area (Å²) in [6.45, 7) is 4.54. The number of carbonyl (C=O) groups excluding carboxylic acids is 1. The van der Waals surface area contributed by atoms with Gasteiger partial charge in [-0.1, -0.05) is 6.92 Å². The molecule has 0 aliphatic carbocycles. The van der Waals surface area contributed by atoms with Gasteiger partial charge in [0, 0.05) is 19.1 Å². The van der Waals surface area contributed by atoms with E-state index < -0.39 is 24.1 Å². The van der Waals surface area contributed by atoms with Crippen LogP contribution in [0, 0.1) is 5.92 Å². The number of urea groups is 1. The number of carboxylic acid groups (broad SMARTS) is 1. The van der Waals surface area contributed by atoms with Crippen LogP contribution in [0.25, 0.3) is 0 Å². The number of aliphatic hydroxyl groups excluding tert-OH is 1. The van der Waals surface area contributed by atoms with Crippen molar-refractivity contribution < 1.29 is 19.8 Å². The minimum atomic E-state index is -1.28. The summed E-state index contributed by atoms with van der Waals surface area (Å²) in [6, 6.07) is -1.45. The Morgan fingerprint density at radius 2 is 1.95 bits per heavy atom. The lowest BCUT2D eigenvalue weighted by atomic mass is 10.1.